The van der Waals surface area contributed by atoms with Crippen LogP contribution in [0.1, 0.15) is 40.0 Å². The van der Waals surface area contributed by atoms with Gasteiger partial charge in [-0.3, -0.25) is 0 Å². The standard InChI is InChI=1S/C12H20N2O2/c1-12(2,3)16-11(15)14-8-6-10(9-14)5-4-7-13/h10H,4-6,8-9H2,1-3H3/t10-/m0/s1. The van der Waals surface area contributed by atoms with Crippen molar-refractivity contribution in [2.45, 2.75) is 45.6 Å². The van der Waals surface area contributed by atoms with Crippen molar-refractivity contribution in [1.29, 1.82) is 5.26 Å². The molecule has 1 rings (SSSR count). The summed E-state index contributed by atoms with van der Waals surface area (Å²) in [4.78, 5) is 13.5. The van der Waals surface area contributed by atoms with Crippen LogP contribution in [-0.2, 0) is 4.74 Å². The molecular weight excluding hydrogens is 204 g/mol. The summed E-state index contributed by atoms with van der Waals surface area (Å²) in [5, 5.41) is 8.50. The summed E-state index contributed by atoms with van der Waals surface area (Å²) >= 11 is 0. The third kappa shape index (κ3) is 4.09. The smallest absolute Gasteiger partial charge is 0.410 e. The number of nitrogens with zero attached hydrogens (tertiary/aromatic N) is 2. The summed E-state index contributed by atoms with van der Waals surface area (Å²) < 4.78 is 5.30. The topological polar surface area (TPSA) is 53.3 Å². The van der Waals surface area contributed by atoms with E-state index in [2.05, 4.69) is 6.07 Å². The van der Waals surface area contributed by atoms with E-state index in [1.54, 1.807) is 4.90 Å². The number of hydrogen-bond acceptors (Lipinski definition) is 3. The van der Waals surface area contributed by atoms with Gasteiger partial charge in [0, 0.05) is 19.5 Å². The van der Waals surface area contributed by atoms with E-state index < -0.39 is 5.60 Å². The molecule has 1 heterocycles. The van der Waals surface area contributed by atoms with Gasteiger partial charge in [-0.1, -0.05) is 0 Å². The van der Waals surface area contributed by atoms with Crippen LogP contribution in [0.4, 0.5) is 4.79 Å². The molecular formula is C12H20N2O2. The van der Waals surface area contributed by atoms with Crippen LogP contribution in [0.3, 0.4) is 0 Å². The lowest BCUT2D eigenvalue weighted by Crippen LogP contribution is -2.35. The fourth-order valence-electron chi connectivity index (χ4n) is 1.83. The molecule has 0 aromatic carbocycles. The van der Waals surface area contributed by atoms with E-state index in [1.807, 2.05) is 20.8 Å². The van der Waals surface area contributed by atoms with Crippen molar-refractivity contribution >= 4 is 6.09 Å². The highest BCUT2D eigenvalue weighted by Crippen LogP contribution is 2.22. The quantitative estimate of drug-likeness (QED) is 0.724. The number of rotatable bonds is 2. The summed E-state index contributed by atoms with van der Waals surface area (Å²) in [5.74, 6) is 0.465. The van der Waals surface area contributed by atoms with E-state index in [4.69, 9.17) is 10.00 Å². The van der Waals surface area contributed by atoms with Crippen LogP contribution in [0, 0.1) is 17.2 Å². The number of carbonyl (C=O) groups excluding carboxylic acids is 1. The van der Waals surface area contributed by atoms with Crippen molar-refractivity contribution in [2.75, 3.05) is 13.1 Å². The second kappa shape index (κ2) is 5.20. The molecule has 0 spiro atoms. The van der Waals surface area contributed by atoms with Gasteiger partial charge >= 0.3 is 6.09 Å². The lowest BCUT2D eigenvalue weighted by atomic mass is 10.0. The van der Waals surface area contributed by atoms with Gasteiger partial charge in [0.15, 0.2) is 0 Å². The zero-order chi connectivity index (χ0) is 12.2. The Morgan fingerprint density at radius 2 is 2.25 bits per heavy atom. The van der Waals surface area contributed by atoms with Gasteiger partial charge in [-0.15, -0.1) is 0 Å². The molecule has 0 unspecified atom stereocenters. The summed E-state index contributed by atoms with van der Waals surface area (Å²) in [6.45, 7) is 7.10. The minimum absolute atomic E-state index is 0.230. The molecule has 1 aliphatic rings. The van der Waals surface area contributed by atoms with Crippen LogP contribution < -0.4 is 0 Å². The van der Waals surface area contributed by atoms with Crippen LogP contribution >= 0.6 is 0 Å². The van der Waals surface area contributed by atoms with Gasteiger partial charge in [-0.05, 0) is 39.5 Å². The molecule has 1 aliphatic heterocycles. The molecule has 4 heteroatoms. The number of likely N-dealkylation sites (tertiary alicyclic amines) is 1. The molecule has 0 aromatic heterocycles. The van der Waals surface area contributed by atoms with Crippen LogP contribution in [0.15, 0.2) is 0 Å². The highest BCUT2D eigenvalue weighted by atomic mass is 16.6. The van der Waals surface area contributed by atoms with Gasteiger partial charge in [0.25, 0.3) is 0 Å². The minimum Gasteiger partial charge on any atom is -0.444 e. The predicted molar refractivity (Wildman–Crippen MR) is 60.8 cm³/mol. The molecule has 1 saturated heterocycles. The van der Waals surface area contributed by atoms with E-state index in [9.17, 15) is 4.79 Å². The number of nitriles is 1. The van der Waals surface area contributed by atoms with Gasteiger partial charge in [0.05, 0.1) is 6.07 Å². The summed E-state index contributed by atoms with van der Waals surface area (Å²) in [6, 6.07) is 2.14. The molecule has 0 aliphatic carbocycles. The first-order valence-electron chi connectivity index (χ1n) is 5.77. The first kappa shape index (κ1) is 12.8. The Balaban J connectivity index is 2.36. The number of carbonyl (C=O) groups is 1. The van der Waals surface area contributed by atoms with Gasteiger partial charge in [0.1, 0.15) is 5.60 Å². The zero-order valence-electron chi connectivity index (χ0n) is 10.3. The first-order valence-corrected chi connectivity index (χ1v) is 5.77. The van der Waals surface area contributed by atoms with Gasteiger partial charge in [-0.2, -0.15) is 5.26 Å². The van der Waals surface area contributed by atoms with Crippen LogP contribution in [-0.4, -0.2) is 29.7 Å². The molecule has 1 atom stereocenters. The highest BCUT2D eigenvalue weighted by Gasteiger charge is 2.29. The molecule has 0 N–H and O–H groups in total. The van der Waals surface area contributed by atoms with E-state index in [0.29, 0.717) is 12.3 Å². The average Bonchev–Trinajstić information content (AvgIpc) is 2.60. The first-order chi connectivity index (χ1) is 7.42. The fraction of sp³-hybridized carbons (Fsp3) is 0.833. The Morgan fingerprint density at radius 1 is 1.56 bits per heavy atom. The van der Waals surface area contributed by atoms with Crippen molar-refractivity contribution in [1.82, 2.24) is 4.90 Å². The van der Waals surface area contributed by atoms with E-state index >= 15 is 0 Å². The summed E-state index contributed by atoms with van der Waals surface area (Å²) in [6.07, 6.45) is 2.22. The molecule has 16 heavy (non-hydrogen) atoms. The molecule has 1 fully saturated rings. The van der Waals surface area contributed by atoms with E-state index in [-0.39, 0.29) is 6.09 Å². The molecule has 1 amide bonds. The normalized spacial score (nSPS) is 20.6. The Labute approximate surface area is 97.2 Å². The third-order valence-electron chi connectivity index (χ3n) is 2.60. The highest BCUT2D eigenvalue weighted by molar-refractivity contribution is 5.68. The molecule has 90 valence electrons. The second-order valence-electron chi connectivity index (χ2n) is 5.28. The van der Waals surface area contributed by atoms with Gasteiger partial charge in [0.2, 0.25) is 0 Å². The van der Waals surface area contributed by atoms with Crippen LogP contribution in [0.5, 0.6) is 0 Å². The lowest BCUT2D eigenvalue weighted by molar-refractivity contribution is 0.0288. The van der Waals surface area contributed by atoms with Crippen molar-refractivity contribution in [2.24, 2.45) is 5.92 Å². The third-order valence-corrected chi connectivity index (χ3v) is 2.60. The minimum atomic E-state index is -0.429. The lowest BCUT2D eigenvalue weighted by Gasteiger charge is -2.24. The van der Waals surface area contributed by atoms with Crippen molar-refractivity contribution in [3.8, 4) is 6.07 Å². The van der Waals surface area contributed by atoms with Crippen LogP contribution in [0.2, 0.25) is 0 Å². The maximum absolute atomic E-state index is 11.7. The monoisotopic (exact) mass is 224 g/mol. The largest absolute Gasteiger partial charge is 0.444 e. The number of amides is 1. The average molecular weight is 224 g/mol. The number of ether oxygens (including phenoxy) is 1. The molecule has 4 nitrogen and oxygen atoms in total. The van der Waals surface area contributed by atoms with Crippen molar-refractivity contribution in [3.63, 3.8) is 0 Å². The van der Waals surface area contributed by atoms with E-state index in [0.717, 1.165) is 25.9 Å². The zero-order valence-corrected chi connectivity index (χ0v) is 10.3. The predicted octanol–water partition coefficient (Wildman–Crippen LogP) is 2.55. The maximum atomic E-state index is 11.7. The summed E-state index contributed by atoms with van der Waals surface area (Å²) in [5.41, 5.74) is -0.429. The maximum Gasteiger partial charge on any atom is 0.410 e. The van der Waals surface area contributed by atoms with Crippen molar-refractivity contribution in [3.05, 3.63) is 0 Å². The summed E-state index contributed by atoms with van der Waals surface area (Å²) in [7, 11) is 0. The molecule has 0 saturated carbocycles. The Morgan fingerprint density at radius 3 is 2.81 bits per heavy atom. The fourth-order valence-corrected chi connectivity index (χ4v) is 1.83. The second-order valence-corrected chi connectivity index (χ2v) is 5.28. The van der Waals surface area contributed by atoms with Gasteiger partial charge < -0.3 is 9.64 Å². The Hall–Kier alpha value is -1.24. The SMILES string of the molecule is CC(C)(C)OC(=O)N1CC[C@H](CCC#N)C1. The Kier molecular flexibility index (Phi) is 4.17. The van der Waals surface area contributed by atoms with Crippen molar-refractivity contribution < 1.29 is 9.53 Å². The molecule has 0 bridgehead atoms. The van der Waals surface area contributed by atoms with Crippen LogP contribution in [0.25, 0.3) is 0 Å². The number of hydrogen-bond donors (Lipinski definition) is 0. The van der Waals surface area contributed by atoms with Gasteiger partial charge in [-0.25, -0.2) is 4.79 Å². The molecule has 0 aromatic rings. The van der Waals surface area contributed by atoms with E-state index in [1.165, 1.54) is 0 Å². The molecule has 0 radical (unpaired) electrons. The Bertz CT molecular complexity index is 288.